The molecule has 1 rings (SSSR count). The van der Waals surface area contributed by atoms with Crippen LogP contribution in [0.3, 0.4) is 0 Å². The lowest BCUT2D eigenvalue weighted by atomic mass is 10.0. The summed E-state index contributed by atoms with van der Waals surface area (Å²) in [7, 11) is 0. The van der Waals surface area contributed by atoms with E-state index in [2.05, 4.69) is 4.90 Å². The fourth-order valence-electron chi connectivity index (χ4n) is 1.86. The summed E-state index contributed by atoms with van der Waals surface area (Å²) in [5.41, 5.74) is 5.03. The standard InChI is InChI=1S/C11H22N2O3/c1-4-15-10(14)11(3,12)8-13-5-6-16-9(2)7-13/h9H,4-8,12H2,1-3H3. The average Bonchev–Trinajstić information content (AvgIpc) is 2.17. The van der Waals surface area contributed by atoms with Gasteiger partial charge in [-0.1, -0.05) is 0 Å². The predicted octanol–water partition coefficient (Wildman–Crippen LogP) is -0.0124. The van der Waals surface area contributed by atoms with Gasteiger partial charge in [0.15, 0.2) is 0 Å². The number of ether oxygens (including phenoxy) is 2. The highest BCUT2D eigenvalue weighted by Crippen LogP contribution is 2.10. The summed E-state index contributed by atoms with van der Waals surface area (Å²) >= 11 is 0. The maximum Gasteiger partial charge on any atom is 0.327 e. The third kappa shape index (κ3) is 3.73. The number of nitrogens with zero attached hydrogens (tertiary/aromatic N) is 1. The van der Waals surface area contributed by atoms with Crippen LogP contribution in [-0.4, -0.2) is 55.4 Å². The molecule has 5 heteroatoms. The number of esters is 1. The van der Waals surface area contributed by atoms with Crippen molar-refractivity contribution in [2.45, 2.75) is 32.4 Å². The van der Waals surface area contributed by atoms with Gasteiger partial charge in [-0.3, -0.25) is 9.69 Å². The van der Waals surface area contributed by atoms with E-state index in [0.717, 1.165) is 13.1 Å². The molecule has 0 amide bonds. The lowest BCUT2D eigenvalue weighted by molar-refractivity contribution is -0.150. The Labute approximate surface area is 96.9 Å². The smallest absolute Gasteiger partial charge is 0.327 e. The van der Waals surface area contributed by atoms with Gasteiger partial charge < -0.3 is 15.2 Å². The van der Waals surface area contributed by atoms with Crippen molar-refractivity contribution in [3.05, 3.63) is 0 Å². The van der Waals surface area contributed by atoms with Crippen molar-refractivity contribution in [2.24, 2.45) is 5.73 Å². The third-order valence-corrected chi connectivity index (χ3v) is 2.62. The van der Waals surface area contributed by atoms with Crippen LogP contribution in [0.1, 0.15) is 20.8 Å². The molecule has 0 bridgehead atoms. The largest absolute Gasteiger partial charge is 0.465 e. The molecule has 0 radical (unpaired) electrons. The van der Waals surface area contributed by atoms with Crippen LogP contribution < -0.4 is 5.73 Å². The molecule has 1 fully saturated rings. The molecule has 0 saturated carbocycles. The summed E-state index contributed by atoms with van der Waals surface area (Å²) in [6.45, 7) is 8.72. The van der Waals surface area contributed by atoms with Crippen LogP contribution in [0, 0.1) is 0 Å². The van der Waals surface area contributed by atoms with Gasteiger partial charge in [-0.15, -0.1) is 0 Å². The summed E-state index contributed by atoms with van der Waals surface area (Å²) in [6.07, 6.45) is 0.201. The normalized spacial score (nSPS) is 26.1. The third-order valence-electron chi connectivity index (χ3n) is 2.62. The maximum absolute atomic E-state index is 11.6. The average molecular weight is 230 g/mol. The van der Waals surface area contributed by atoms with E-state index in [1.807, 2.05) is 6.92 Å². The van der Waals surface area contributed by atoms with Crippen molar-refractivity contribution in [3.63, 3.8) is 0 Å². The molecule has 0 aromatic heterocycles. The van der Waals surface area contributed by atoms with Crippen molar-refractivity contribution in [3.8, 4) is 0 Å². The highest BCUT2D eigenvalue weighted by molar-refractivity contribution is 5.80. The number of morpholine rings is 1. The molecule has 1 heterocycles. The van der Waals surface area contributed by atoms with Crippen molar-refractivity contribution in [1.82, 2.24) is 4.90 Å². The molecule has 94 valence electrons. The summed E-state index contributed by atoms with van der Waals surface area (Å²) in [5, 5.41) is 0. The minimum Gasteiger partial charge on any atom is -0.465 e. The van der Waals surface area contributed by atoms with Gasteiger partial charge in [0.1, 0.15) is 5.54 Å². The van der Waals surface area contributed by atoms with Crippen LogP contribution in [0.5, 0.6) is 0 Å². The zero-order valence-electron chi connectivity index (χ0n) is 10.4. The van der Waals surface area contributed by atoms with Crippen molar-refractivity contribution < 1.29 is 14.3 Å². The monoisotopic (exact) mass is 230 g/mol. The molecule has 2 N–H and O–H groups in total. The second-order valence-corrected chi connectivity index (χ2v) is 4.55. The molecule has 5 nitrogen and oxygen atoms in total. The zero-order chi connectivity index (χ0) is 12.2. The molecule has 1 saturated heterocycles. The first-order valence-corrected chi connectivity index (χ1v) is 5.75. The van der Waals surface area contributed by atoms with Gasteiger partial charge >= 0.3 is 5.97 Å². The number of carbonyl (C=O) groups excluding carboxylic acids is 1. The minimum absolute atomic E-state index is 0.201. The number of carbonyl (C=O) groups is 1. The van der Waals surface area contributed by atoms with E-state index in [1.54, 1.807) is 13.8 Å². The molecule has 2 unspecified atom stereocenters. The van der Waals surface area contributed by atoms with E-state index in [-0.39, 0.29) is 12.1 Å². The second-order valence-electron chi connectivity index (χ2n) is 4.55. The fourth-order valence-corrected chi connectivity index (χ4v) is 1.86. The summed E-state index contributed by atoms with van der Waals surface area (Å²) < 4.78 is 10.4. The molecule has 2 atom stereocenters. The highest BCUT2D eigenvalue weighted by atomic mass is 16.5. The van der Waals surface area contributed by atoms with Gasteiger partial charge in [-0.05, 0) is 20.8 Å². The quantitative estimate of drug-likeness (QED) is 0.688. The first-order valence-electron chi connectivity index (χ1n) is 5.75. The number of hydrogen-bond donors (Lipinski definition) is 1. The van der Waals surface area contributed by atoms with E-state index in [1.165, 1.54) is 0 Å². The summed E-state index contributed by atoms with van der Waals surface area (Å²) in [6, 6.07) is 0. The number of rotatable bonds is 4. The van der Waals surface area contributed by atoms with Gasteiger partial charge in [0, 0.05) is 19.6 Å². The molecule has 0 spiro atoms. The Hall–Kier alpha value is -0.650. The van der Waals surface area contributed by atoms with E-state index in [9.17, 15) is 4.79 Å². The first-order chi connectivity index (χ1) is 7.45. The minimum atomic E-state index is -0.937. The molecular weight excluding hydrogens is 208 g/mol. The van der Waals surface area contributed by atoms with Crippen LogP contribution in [0.15, 0.2) is 0 Å². The Bertz CT molecular complexity index is 243. The predicted molar refractivity (Wildman–Crippen MR) is 61.1 cm³/mol. The lowest BCUT2D eigenvalue weighted by Crippen LogP contribution is -2.57. The number of hydrogen-bond acceptors (Lipinski definition) is 5. The van der Waals surface area contributed by atoms with Gasteiger partial charge in [-0.25, -0.2) is 0 Å². The molecule has 0 aromatic carbocycles. The molecule has 16 heavy (non-hydrogen) atoms. The summed E-state index contributed by atoms with van der Waals surface area (Å²) in [5.74, 6) is -0.339. The second kappa shape index (κ2) is 5.61. The molecule has 1 aliphatic heterocycles. The van der Waals surface area contributed by atoms with Crippen LogP contribution in [0.25, 0.3) is 0 Å². The molecular formula is C11H22N2O3. The van der Waals surface area contributed by atoms with Crippen molar-refractivity contribution in [2.75, 3.05) is 32.8 Å². The van der Waals surface area contributed by atoms with Crippen LogP contribution in [0.4, 0.5) is 0 Å². The molecule has 1 aliphatic rings. The van der Waals surface area contributed by atoms with Gasteiger partial charge in [0.2, 0.25) is 0 Å². The zero-order valence-corrected chi connectivity index (χ0v) is 10.4. The van der Waals surface area contributed by atoms with Crippen LogP contribution in [0.2, 0.25) is 0 Å². The highest BCUT2D eigenvalue weighted by Gasteiger charge is 2.33. The SMILES string of the molecule is CCOC(=O)C(C)(N)CN1CCOC(C)C1. The topological polar surface area (TPSA) is 64.8 Å². The Balaban J connectivity index is 2.47. The first kappa shape index (κ1) is 13.4. The Kier molecular flexibility index (Phi) is 4.70. The molecule has 0 aromatic rings. The Morgan fingerprint density at radius 2 is 2.38 bits per heavy atom. The van der Waals surface area contributed by atoms with E-state index < -0.39 is 5.54 Å². The fraction of sp³-hybridized carbons (Fsp3) is 0.909. The van der Waals surface area contributed by atoms with E-state index in [0.29, 0.717) is 19.8 Å². The number of nitrogens with two attached hydrogens (primary N) is 1. The van der Waals surface area contributed by atoms with Gasteiger partial charge in [0.25, 0.3) is 0 Å². The van der Waals surface area contributed by atoms with Gasteiger partial charge in [0.05, 0.1) is 19.3 Å². The van der Waals surface area contributed by atoms with Gasteiger partial charge in [-0.2, -0.15) is 0 Å². The van der Waals surface area contributed by atoms with Crippen LogP contribution in [-0.2, 0) is 14.3 Å². The molecule has 0 aliphatic carbocycles. The summed E-state index contributed by atoms with van der Waals surface area (Å²) in [4.78, 5) is 13.8. The maximum atomic E-state index is 11.6. The van der Waals surface area contributed by atoms with Crippen LogP contribution >= 0.6 is 0 Å². The Morgan fingerprint density at radius 3 is 2.94 bits per heavy atom. The van der Waals surface area contributed by atoms with E-state index in [4.69, 9.17) is 15.2 Å². The Morgan fingerprint density at radius 1 is 1.69 bits per heavy atom. The lowest BCUT2D eigenvalue weighted by Gasteiger charge is -2.35. The van der Waals surface area contributed by atoms with E-state index >= 15 is 0 Å². The van der Waals surface area contributed by atoms with Crippen molar-refractivity contribution >= 4 is 5.97 Å². The van der Waals surface area contributed by atoms with Crippen molar-refractivity contribution in [1.29, 1.82) is 0 Å².